The van der Waals surface area contributed by atoms with Crippen LogP contribution in [0.15, 0.2) is 51.6 Å². The van der Waals surface area contributed by atoms with E-state index in [4.69, 9.17) is 8.83 Å². The number of nitrogens with zero attached hydrogens (tertiary/aromatic N) is 2. The molecule has 0 spiro atoms. The molecule has 5 nitrogen and oxygen atoms in total. The van der Waals surface area contributed by atoms with E-state index in [0.717, 1.165) is 12.1 Å². The Labute approximate surface area is 149 Å². The summed E-state index contributed by atoms with van der Waals surface area (Å²) in [5.74, 6) is -0.271. The van der Waals surface area contributed by atoms with Gasteiger partial charge < -0.3 is 13.7 Å². The first-order chi connectivity index (χ1) is 12.5. The Morgan fingerprint density at radius 3 is 2.81 bits per heavy atom. The number of carbonyl (C=O) groups is 1. The van der Waals surface area contributed by atoms with Crippen molar-refractivity contribution in [1.29, 1.82) is 0 Å². The van der Waals surface area contributed by atoms with Crippen molar-refractivity contribution in [3.8, 4) is 11.3 Å². The highest BCUT2D eigenvalue weighted by Gasteiger charge is 2.20. The zero-order valence-electron chi connectivity index (χ0n) is 14.4. The maximum Gasteiger partial charge on any atom is 0.223 e. The zero-order valence-corrected chi connectivity index (χ0v) is 14.4. The zero-order chi connectivity index (χ0) is 18.7. The van der Waals surface area contributed by atoms with Crippen molar-refractivity contribution in [1.82, 2.24) is 9.88 Å². The summed E-state index contributed by atoms with van der Waals surface area (Å²) in [4.78, 5) is 18.0. The van der Waals surface area contributed by atoms with Gasteiger partial charge in [0.05, 0.1) is 24.1 Å². The molecule has 0 fully saturated rings. The average Bonchev–Trinajstić information content (AvgIpc) is 3.30. The van der Waals surface area contributed by atoms with Gasteiger partial charge in [0.2, 0.25) is 5.91 Å². The SMILES string of the molecule is CC(c1ccco1)N(C)C(=O)CCc1ncc(-c2ccc(F)cc2F)o1. The second-order valence-corrected chi connectivity index (χ2v) is 5.94. The van der Waals surface area contributed by atoms with Crippen LogP contribution in [-0.2, 0) is 11.2 Å². The highest BCUT2D eigenvalue weighted by Crippen LogP contribution is 2.25. The Balaban J connectivity index is 1.62. The molecule has 1 atom stereocenters. The highest BCUT2D eigenvalue weighted by atomic mass is 19.1. The van der Waals surface area contributed by atoms with Crippen LogP contribution in [0.2, 0.25) is 0 Å². The molecule has 1 unspecified atom stereocenters. The number of benzene rings is 1. The van der Waals surface area contributed by atoms with Gasteiger partial charge >= 0.3 is 0 Å². The summed E-state index contributed by atoms with van der Waals surface area (Å²) in [5, 5.41) is 0. The summed E-state index contributed by atoms with van der Waals surface area (Å²) < 4.78 is 37.6. The molecule has 2 heterocycles. The third-order valence-electron chi connectivity index (χ3n) is 4.23. The van der Waals surface area contributed by atoms with Crippen LogP contribution in [0.5, 0.6) is 0 Å². The van der Waals surface area contributed by atoms with E-state index in [1.165, 1.54) is 12.3 Å². The van der Waals surface area contributed by atoms with Crippen molar-refractivity contribution in [2.45, 2.75) is 25.8 Å². The van der Waals surface area contributed by atoms with E-state index in [1.54, 1.807) is 24.3 Å². The fourth-order valence-corrected chi connectivity index (χ4v) is 2.57. The average molecular weight is 360 g/mol. The number of furan rings is 1. The predicted octanol–water partition coefficient (Wildman–Crippen LogP) is 4.37. The Bertz CT molecular complexity index is 890. The number of halogens is 2. The van der Waals surface area contributed by atoms with Crippen molar-refractivity contribution in [3.63, 3.8) is 0 Å². The van der Waals surface area contributed by atoms with E-state index in [1.807, 2.05) is 13.0 Å². The first-order valence-corrected chi connectivity index (χ1v) is 8.15. The molecular weight excluding hydrogens is 342 g/mol. The molecule has 0 saturated carbocycles. The lowest BCUT2D eigenvalue weighted by Crippen LogP contribution is -2.29. The minimum Gasteiger partial charge on any atom is -0.467 e. The van der Waals surface area contributed by atoms with E-state index in [0.29, 0.717) is 11.7 Å². The third kappa shape index (κ3) is 3.82. The summed E-state index contributed by atoms with van der Waals surface area (Å²) >= 11 is 0. The van der Waals surface area contributed by atoms with Gasteiger partial charge in [0, 0.05) is 26.0 Å². The molecule has 7 heteroatoms. The smallest absolute Gasteiger partial charge is 0.223 e. The number of rotatable bonds is 6. The van der Waals surface area contributed by atoms with Crippen LogP contribution in [0.4, 0.5) is 8.78 Å². The van der Waals surface area contributed by atoms with Crippen LogP contribution in [0.25, 0.3) is 11.3 Å². The quantitative estimate of drug-likeness (QED) is 0.655. The maximum atomic E-state index is 13.8. The Hall–Kier alpha value is -2.96. The first-order valence-electron chi connectivity index (χ1n) is 8.15. The topological polar surface area (TPSA) is 59.5 Å². The van der Waals surface area contributed by atoms with Crippen molar-refractivity contribution in [2.75, 3.05) is 7.05 Å². The molecule has 0 radical (unpaired) electrons. The van der Waals surface area contributed by atoms with E-state index in [9.17, 15) is 13.6 Å². The van der Waals surface area contributed by atoms with E-state index >= 15 is 0 Å². The predicted molar refractivity (Wildman–Crippen MR) is 90.1 cm³/mol. The molecule has 1 aromatic carbocycles. The van der Waals surface area contributed by atoms with Gasteiger partial charge in [0.25, 0.3) is 0 Å². The van der Waals surface area contributed by atoms with Crippen molar-refractivity contribution in [2.24, 2.45) is 0 Å². The number of aromatic nitrogens is 1. The standard InChI is InChI=1S/C19H18F2N2O3/c1-12(16-4-3-9-25-16)23(2)19(24)8-7-18-22-11-17(26-18)14-6-5-13(20)10-15(14)21/h3-6,9-12H,7-8H2,1-2H3. The van der Waals surface area contributed by atoms with Crippen LogP contribution >= 0.6 is 0 Å². The lowest BCUT2D eigenvalue weighted by molar-refractivity contribution is -0.132. The largest absolute Gasteiger partial charge is 0.467 e. The second kappa shape index (κ2) is 7.51. The molecule has 0 aliphatic carbocycles. The molecule has 1 amide bonds. The molecule has 136 valence electrons. The van der Waals surface area contributed by atoms with Gasteiger partial charge in [0.15, 0.2) is 11.7 Å². The third-order valence-corrected chi connectivity index (χ3v) is 4.23. The Kier molecular flexibility index (Phi) is 5.16. The van der Waals surface area contributed by atoms with E-state index in [2.05, 4.69) is 4.98 Å². The number of aryl methyl sites for hydroxylation is 1. The van der Waals surface area contributed by atoms with Crippen LogP contribution in [-0.4, -0.2) is 22.8 Å². The number of oxazole rings is 1. The molecule has 0 aliphatic rings. The summed E-state index contributed by atoms with van der Waals surface area (Å²) in [6, 6.07) is 6.62. The Morgan fingerprint density at radius 2 is 2.12 bits per heavy atom. The normalized spacial score (nSPS) is 12.2. The number of amides is 1. The fourth-order valence-electron chi connectivity index (χ4n) is 2.57. The van der Waals surface area contributed by atoms with Gasteiger partial charge in [0.1, 0.15) is 17.4 Å². The number of hydrogen-bond acceptors (Lipinski definition) is 4. The van der Waals surface area contributed by atoms with Crippen molar-refractivity contribution < 1.29 is 22.4 Å². The highest BCUT2D eigenvalue weighted by molar-refractivity contribution is 5.76. The summed E-state index contributed by atoms with van der Waals surface area (Å²) in [7, 11) is 1.70. The lowest BCUT2D eigenvalue weighted by atomic mass is 10.2. The molecule has 26 heavy (non-hydrogen) atoms. The maximum absolute atomic E-state index is 13.8. The minimum atomic E-state index is -0.726. The summed E-state index contributed by atoms with van der Waals surface area (Å²) in [6.07, 6.45) is 3.39. The fraction of sp³-hybridized carbons (Fsp3) is 0.263. The molecule has 2 aromatic heterocycles. The van der Waals surface area contributed by atoms with Crippen molar-refractivity contribution in [3.05, 3.63) is 66.1 Å². The lowest BCUT2D eigenvalue weighted by Gasteiger charge is -2.23. The van der Waals surface area contributed by atoms with Gasteiger partial charge in [-0.15, -0.1) is 0 Å². The van der Waals surface area contributed by atoms with Gasteiger partial charge in [-0.3, -0.25) is 4.79 Å². The van der Waals surface area contributed by atoms with Gasteiger partial charge in [-0.2, -0.15) is 0 Å². The second-order valence-electron chi connectivity index (χ2n) is 5.94. The van der Waals surface area contributed by atoms with Crippen LogP contribution in [0.1, 0.15) is 31.0 Å². The van der Waals surface area contributed by atoms with Gasteiger partial charge in [-0.25, -0.2) is 13.8 Å². The summed E-state index contributed by atoms with van der Waals surface area (Å²) in [5.41, 5.74) is 0.125. The monoisotopic (exact) mass is 360 g/mol. The molecule has 0 N–H and O–H groups in total. The van der Waals surface area contributed by atoms with Crippen LogP contribution in [0.3, 0.4) is 0 Å². The van der Waals surface area contributed by atoms with E-state index in [-0.39, 0.29) is 36.1 Å². The number of carbonyl (C=O) groups excluding carboxylic acids is 1. The molecule has 0 bridgehead atoms. The van der Waals surface area contributed by atoms with Crippen molar-refractivity contribution >= 4 is 5.91 Å². The van der Waals surface area contributed by atoms with E-state index < -0.39 is 11.6 Å². The number of hydrogen-bond donors (Lipinski definition) is 0. The Morgan fingerprint density at radius 1 is 1.31 bits per heavy atom. The molecule has 0 saturated heterocycles. The van der Waals surface area contributed by atoms with Gasteiger partial charge in [-0.1, -0.05) is 0 Å². The first kappa shape index (κ1) is 17.8. The minimum absolute atomic E-state index is 0.0957. The molecule has 0 aliphatic heterocycles. The molecule has 3 aromatic rings. The van der Waals surface area contributed by atoms with Crippen LogP contribution in [0, 0.1) is 11.6 Å². The molecule has 3 rings (SSSR count). The van der Waals surface area contributed by atoms with Crippen LogP contribution < -0.4 is 0 Å². The summed E-state index contributed by atoms with van der Waals surface area (Å²) in [6.45, 7) is 1.87. The molecular formula is C19H18F2N2O3. The van der Waals surface area contributed by atoms with Gasteiger partial charge in [-0.05, 0) is 31.2 Å².